The van der Waals surface area contributed by atoms with E-state index in [1.165, 1.54) is 0 Å². The van der Waals surface area contributed by atoms with E-state index in [-0.39, 0.29) is 17.4 Å². The van der Waals surface area contributed by atoms with Gasteiger partial charge in [0.2, 0.25) is 5.91 Å². The van der Waals surface area contributed by atoms with Crippen molar-refractivity contribution in [1.29, 1.82) is 0 Å². The molecule has 0 aromatic heterocycles. The number of methoxy groups -OCH3 is 1. The number of rotatable bonds is 7. The average Bonchev–Trinajstić information content (AvgIpc) is 2.16. The highest BCUT2D eigenvalue weighted by atomic mass is 16.5. The minimum absolute atomic E-state index is 0.0321. The Morgan fingerprint density at radius 1 is 1.41 bits per heavy atom. The van der Waals surface area contributed by atoms with E-state index in [1.807, 2.05) is 0 Å². The zero-order valence-corrected chi connectivity index (χ0v) is 11.9. The third-order valence-corrected chi connectivity index (χ3v) is 3.22. The Kier molecular flexibility index (Phi) is 7.39. The number of hydrogen-bond acceptors (Lipinski definition) is 3. The van der Waals surface area contributed by atoms with Crippen LogP contribution >= 0.6 is 0 Å². The Morgan fingerprint density at radius 3 is 2.41 bits per heavy atom. The standard InChI is InChI=1S/C13H28N2O2/c1-10(13(2,3)4)8-12(16)15-11(6-7-14)9-17-5/h10-11H,6-9,14H2,1-5H3,(H,15,16). The maximum atomic E-state index is 11.9. The third kappa shape index (κ3) is 7.34. The molecule has 0 spiro atoms. The van der Waals surface area contributed by atoms with Crippen molar-refractivity contribution in [2.75, 3.05) is 20.3 Å². The van der Waals surface area contributed by atoms with Gasteiger partial charge in [-0.25, -0.2) is 0 Å². The van der Waals surface area contributed by atoms with E-state index in [0.29, 0.717) is 25.5 Å². The molecule has 0 heterocycles. The third-order valence-electron chi connectivity index (χ3n) is 3.22. The summed E-state index contributed by atoms with van der Waals surface area (Å²) in [7, 11) is 1.63. The molecule has 0 rings (SSSR count). The second-order valence-electron chi connectivity index (χ2n) is 5.77. The molecule has 102 valence electrons. The zero-order valence-electron chi connectivity index (χ0n) is 11.9. The predicted octanol–water partition coefficient (Wildman–Crippen LogP) is 1.54. The van der Waals surface area contributed by atoms with Crippen LogP contribution in [0.4, 0.5) is 0 Å². The van der Waals surface area contributed by atoms with E-state index >= 15 is 0 Å². The summed E-state index contributed by atoms with van der Waals surface area (Å²) < 4.78 is 5.06. The maximum Gasteiger partial charge on any atom is 0.220 e. The number of nitrogens with one attached hydrogen (secondary N) is 1. The molecule has 1 amide bonds. The van der Waals surface area contributed by atoms with Gasteiger partial charge in [0.25, 0.3) is 0 Å². The minimum Gasteiger partial charge on any atom is -0.383 e. The average molecular weight is 244 g/mol. The number of carbonyl (C=O) groups excluding carboxylic acids is 1. The summed E-state index contributed by atoms with van der Waals surface area (Å²) in [5.74, 6) is 0.437. The van der Waals surface area contributed by atoms with Crippen molar-refractivity contribution in [3.05, 3.63) is 0 Å². The first-order chi connectivity index (χ1) is 7.81. The van der Waals surface area contributed by atoms with E-state index in [1.54, 1.807) is 7.11 Å². The van der Waals surface area contributed by atoms with E-state index in [0.717, 1.165) is 6.42 Å². The molecular weight excluding hydrogens is 216 g/mol. The largest absolute Gasteiger partial charge is 0.383 e. The number of nitrogens with two attached hydrogens (primary N) is 1. The lowest BCUT2D eigenvalue weighted by Crippen LogP contribution is -2.40. The molecule has 0 aliphatic rings. The van der Waals surface area contributed by atoms with Crippen molar-refractivity contribution in [3.8, 4) is 0 Å². The molecular formula is C13H28N2O2. The van der Waals surface area contributed by atoms with Crippen molar-refractivity contribution < 1.29 is 9.53 Å². The first-order valence-electron chi connectivity index (χ1n) is 6.29. The fourth-order valence-electron chi connectivity index (χ4n) is 1.47. The van der Waals surface area contributed by atoms with Gasteiger partial charge in [-0.3, -0.25) is 4.79 Å². The highest BCUT2D eigenvalue weighted by Gasteiger charge is 2.23. The van der Waals surface area contributed by atoms with Crippen LogP contribution in [-0.2, 0) is 9.53 Å². The van der Waals surface area contributed by atoms with E-state index in [2.05, 4.69) is 33.0 Å². The van der Waals surface area contributed by atoms with Gasteiger partial charge in [-0.1, -0.05) is 27.7 Å². The van der Waals surface area contributed by atoms with E-state index < -0.39 is 0 Å². The summed E-state index contributed by atoms with van der Waals surface area (Å²) in [6.45, 7) is 9.64. The van der Waals surface area contributed by atoms with E-state index in [9.17, 15) is 4.79 Å². The van der Waals surface area contributed by atoms with Gasteiger partial charge in [0.15, 0.2) is 0 Å². The smallest absolute Gasteiger partial charge is 0.220 e. The van der Waals surface area contributed by atoms with Crippen molar-refractivity contribution in [2.45, 2.75) is 46.6 Å². The van der Waals surface area contributed by atoms with Gasteiger partial charge >= 0.3 is 0 Å². The number of amides is 1. The Bertz CT molecular complexity index is 218. The topological polar surface area (TPSA) is 64.3 Å². The molecule has 0 aliphatic carbocycles. The van der Waals surface area contributed by atoms with Crippen molar-refractivity contribution >= 4 is 5.91 Å². The van der Waals surface area contributed by atoms with Crippen LogP contribution in [0.25, 0.3) is 0 Å². The quantitative estimate of drug-likeness (QED) is 0.714. The number of hydrogen-bond donors (Lipinski definition) is 2. The number of carbonyl (C=O) groups is 1. The summed E-state index contributed by atoms with van der Waals surface area (Å²) >= 11 is 0. The van der Waals surface area contributed by atoms with Crippen LogP contribution in [0, 0.1) is 11.3 Å². The summed E-state index contributed by atoms with van der Waals surface area (Å²) in [6, 6.07) is 0.0321. The molecule has 4 heteroatoms. The predicted molar refractivity (Wildman–Crippen MR) is 70.7 cm³/mol. The van der Waals surface area contributed by atoms with Gasteiger partial charge in [-0.2, -0.15) is 0 Å². The molecule has 0 aliphatic heterocycles. The lowest BCUT2D eigenvalue weighted by molar-refractivity contribution is -0.123. The molecule has 2 atom stereocenters. The molecule has 0 saturated heterocycles. The Hall–Kier alpha value is -0.610. The van der Waals surface area contributed by atoms with Gasteiger partial charge in [0, 0.05) is 13.5 Å². The summed E-state index contributed by atoms with van der Waals surface area (Å²) in [5, 5.41) is 2.98. The second kappa shape index (κ2) is 7.67. The van der Waals surface area contributed by atoms with Crippen LogP contribution in [0.5, 0.6) is 0 Å². The van der Waals surface area contributed by atoms with Crippen molar-refractivity contribution in [1.82, 2.24) is 5.32 Å². The fourth-order valence-corrected chi connectivity index (χ4v) is 1.47. The zero-order chi connectivity index (χ0) is 13.5. The van der Waals surface area contributed by atoms with Crippen LogP contribution in [0.15, 0.2) is 0 Å². The van der Waals surface area contributed by atoms with Gasteiger partial charge in [-0.05, 0) is 24.3 Å². The van der Waals surface area contributed by atoms with Crippen LogP contribution in [0.2, 0.25) is 0 Å². The molecule has 0 aromatic rings. The molecule has 0 radical (unpaired) electrons. The molecule has 3 N–H and O–H groups in total. The van der Waals surface area contributed by atoms with Gasteiger partial charge < -0.3 is 15.8 Å². The minimum atomic E-state index is 0.0321. The van der Waals surface area contributed by atoms with Gasteiger partial charge in [0.05, 0.1) is 12.6 Å². The fraction of sp³-hybridized carbons (Fsp3) is 0.923. The highest BCUT2D eigenvalue weighted by Crippen LogP contribution is 2.27. The summed E-state index contributed by atoms with van der Waals surface area (Å²) in [6.07, 6.45) is 1.30. The molecule has 0 saturated carbocycles. The monoisotopic (exact) mass is 244 g/mol. The van der Waals surface area contributed by atoms with Crippen LogP contribution in [-0.4, -0.2) is 32.2 Å². The second-order valence-corrected chi connectivity index (χ2v) is 5.77. The molecule has 0 fully saturated rings. The Labute approximate surface area is 105 Å². The Morgan fingerprint density at radius 2 is 2.00 bits per heavy atom. The van der Waals surface area contributed by atoms with Crippen molar-refractivity contribution in [3.63, 3.8) is 0 Å². The van der Waals surface area contributed by atoms with Crippen LogP contribution in [0.1, 0.15) is 40.5 Å². The lowest BCUT2D eigenvalue weighted by Gasteiger charge is -2.27. The SMILES string of the molecule is COCC(CCN)NC(=O)CC(C)C(C)(C)C. The molecule has 4 nitrogen and oxygen atoms in total. The first-order valence-corrected chi connectivity index (χ1v) is 6.29. The van der Waals surface area contributed by atoms with Crippen LogP contribution < -0.4 is 11.1 Å². The van der Waals surface area contributed by atoms with Gasteiger partial charge in [0.1, 0.15) is 0 Å². The van der Waals surface area contributed by atoms with Crippen molar-refractivity contribution in [2.24, 2.45) is 17.1 Å². The number of ether oxygens (including phenoxy) is 1. The van der Waals surface area contributed by atoms with Crippen LogP contribution in [0.3, 0.4) is 0 Å². The molecule has 2 unspecified atom stereocenters. The Balaban J connectivity index is 4.14. The van der Waals surface area contributed by atoms with Gasteiger partial charge in [-0.15, -0.1) is 0 Å². The maximum absolute atomic E-state index is 11.9. The normalized spacial score (nSPS) is 15.4. The lowest BCUT2D eigenvalue weighted by atomic mass is 9.80. The summed E-state index contributed by atoms with van der Waals surface area (Å²) in [4.78, 5) is 11.9. The molecule has 0 aromatic carbocycles. The molecule has 0 bridgehead atoms. The first kappa shape index (κ1) is 16.4. The van der Waals surface area contributed by atoms with E-state index in [4.69, 9.17) is 10.5 Å². The highest BCUT2D eigenvalue weighted by molar-refractivity contribution is 5.76. The molecule has 17 heavy (non-hydrogen) atoms. The summed E-state index contributed by atoms with van der Waals surface area (Å²) in [5.41, 5.74) is 5.65.